The predicted octanol–water partition coefficient (Wildman–Crippen LogP) is 2.41. The van der Waals surface area contributed by atoms with Crippen LogP contribution < -0.4 is 5.32 Å². The maximum atomic E-state index is 12.7. The van der Waals surface area contributed by atoms with Gasteiger partial charge in [-0.2, -0.15) is 4.31 Å². The summed E-state index contributed by atoms with van der Waals surface area (Å²) >= 11 is 0. The largest absolute Gasteiger partial charge is 0.469 e. The molecule has 26 heavy (non-hydrogen) atoms. The smallest absolute Gasteiger partial charge is 0.243 e. The minimum Gasteiger partial charge on any atom is -0.469 e. The second kappa shape index (κ2) is 7.72. The highest BCUT2D eigenvalue weighted by molar-refractivity contribution is 7.89. The maximum absolute atomic E-state index is 12.7. The van der Waals surface area contributed by atoms with Gasteiger partial charge in [-0.15, -0.1) is 0 Å². The van der Waals surface area contributed by atoms with E-state index in [1.807, 2.05) is 30.3 Å². The number of carbonyl (C=O) groups is 1. The van der Waals surface area contributed by atoms with E-state index in [-0.39, 0.29) is 17.3 Å². The lowest BCUT2D eigenvalue weighted by Gasteiger charge is -2.17. The topological polar surface area (TPSA) is 79.6 Å². The first-order valence-electron chi connectivity index (χ1n) is 8.21. The molecule has 0 atom stereocenters. The summed E-state index contributed by atoms with van der Waals surface area (Å²) in [7, 11) is -2.34. The summed E-state index contributed by atoms with van der Waals surface area (Å²) in [5.41, 5.74) is 0. The van der Waals surface area contributed by atoms with Gasteiger partial charge in [-0.1, -0.05) is 30.3 Å². The van der Waals surface area contributed by atoms with Crippen LogP contribution in [0.5, 0.6) is 0 Å². The monoisotopic (exact) mass is 372 g/mol. The minimum atomic E-state index is -3.74. The highest BCUT2D eigenvalue weighted by Gasteiger charge is 2.23. The van der Waals surface area contributed by atoms with Gasteiger partial charge in [0, 0.05) is 20.0 Å². The fourth-order valence-electron chi connectivity index (χ4n) is 2.63. The van der Waals surface area contributed by atoms with Gasteiger partial charge in [0.2, 0.25) is 15.9 Å². The number of amides is 1. The summed E-state index contributed by atoms with van der Waals surface area (Å²) in [5, 5.41) is 4.50. The molecule has 3 aromatic rings. The van der Waals surface area contributed by atoms with Gasteiger partial charge in [-0.05, 0) is 35.0 Å². The lowest BCUT2D eigenvalue weighted by Crippen LogP contribution is -2.39. The van der Waals surface area contributed by atoms with Crippen LogP contribution in [0.25, 0.3) is 10.8 Å². The number of furan rings is 1. The Hall–Kier alpha value is -2.64. The number of hydrogen-bond donors (Lipinski definition) is 1. The van der Waals surface area contributed by atoms with Crippen LogP contribution in [-0.4, -0.2) is 38.8 Å². The molecule has 0 saturated carbocycles. The maximum Gasteiger partial charge on any atom is 0.243 e. The zero-order chi connectivity index (χ0) is 18.6. The molecule has 0 aliphatic rings. The first kappa shape index (κ1) is 18.2. The van der Waals surface area contributed by atoms with E-state index in [4.69, 9.17) is 4.42 Å². The molecule has 6 nitrogen and oxygen atoms in total. The lowest BCUT2D eigenvalue weighted by molar-refractivity contribution is -0.121. The molecule has 0 aliphatic carbocycles. The Morgan fingerprint density at radius 2 is 1.85 bits per heavy atom. The van der Waals surface area contributed by atoms with E-state index in [0.717, 1.165) is 20.8 Å². The molecular formula is C19H20N2O4S. The second-order valence-corrected chi connectivity index (χ2v) is 7.99. The van der Waals surface area contributed by atoms with Gasteiger partial charge < -0.3 is 9.73 Å². The van der Waals surface area contributed by atoms with Gasteiger partial charge in [-0.25, -0.2) is 8.42 Å². The number of nitrogens with one attached hydrogen (secondary N) is 1. The highest BCUT2D eigenvalue weighted by Crippen LogP contribution is 2.21. The number of carbonyl (C=O) groups excluding carboxylic acids is 1. The van der Waals surface area contributed by atoms with Crippen molar-refractivity contribution >= 4 is 26.7 Å². The van der Waals surface area contributed by atoms with Gasteiger partial charge in [-0.3, -0.25) is 4.79 Å². The summed E-state index contributed by atoms with van der Waals surface area (Å²) in [4.78, 5) is 12.2. The highest BCUT2D eigenvalue weighted by atomic mass is 32.2. The third kappa shape index (κ3) is 4.12. The van der Waals surface area contributed by atoms with Crippen molar-refractivity contribution in [2.24, 2.45) is 0 Å². The van der Waals surface area contributed by atoms with Crippen LogP contribution in [0.3, 0.4) is 0 Å². The van der Waals surface area contributed by atoms with Crippen LogP contribution in [0.4, 0.5) is 0 Å². The summed E-state index contributed by atoms with van der Waals surface area (Å²) in [6.45, 7) is 0.142. The Bertz CT molecular complexity index is 997. The predicted molar refractivity (Wildman–Crippen MR) is 99.2 cm³/mol. The summed E-state index contributed by atoms with van der Waals surface area (Å²) < 4.78 is 31.6. The summed E-state index contributed by atoms with van der Waals surface area (Å²) in [6.07, 6.45) is 2.13. The Morgan fingerprint density at radius 3 is 2.58 bits per heavy atom. The van der Waals surface area contributed by atoms with E-state index >= 15 is 0 Å². The van der Waals surface area contributed by atoms with Crippen molar-refractivity contribution in [2.75, 3.05) is 20.1 Å². The number of sulfonamides is 1. The van der Waals surface area contributed by atoms with Crippen molar-refractivity contribution in [1.82, 2.24) is 9.62 Å². The van der Waals surface area contributed by atoms with Gasteiger partial charge >= 0.3 is 0 Å². The fraction of sp³-hybridized carbons (Fsp3) is 0.211. The molecule has 0 unspecified atom stereocenters. The van der Waals surface area contributed by atoms with Crippen LogP contribution in [0.2, 0.25) is 0 Å². The minimum absolute atomic E-state index is 0.169. The van der Waals surface area contributed by atoms with E-state index in [0.29, 0.717) is 13.0 Å². The Morgan fingerprint density at radius 1 is 1.08 bits per heavy atom. The number of hydrogen-bond acceptors (Lipinski definition) is 4. The third-order valence-electron chi connectivity index (χ3n) is 4.07. The molecule has 0 aliphatic heterocycles. The van der Waals surface area contributed by atoms with Crippen LogP contribution >= 0.6 is 0 Å². The van der Waals surface area contributed by atoms with E-state index in [1.165, 1.54) is 7.05 Å². The number of rotatable bonds is 7. The molecule has 2 aromatic carbocycles. The zero-order valence-corrected chi connectivity index (χ0v) is 15.2. The SMILES string of the molecule is CN(CC(=O)NCCc1ccco1)S(=O)(=O)c1ccc2ccccc2c1. The number of likely N-dealkylation sites (N-methyl/N-ethyl adjacent to an activating group) is 1. The number of nitrogens with zero attached hydrogens (tertiary/aromatic N) is 1. The third-order valence-corrected chi connectivity index (χ3v) is 5.87. The van der Waals surface area contributed by atoms with Crippen LogP contribution in [-0.2, 0) is 21.2 Å². The van der Waals surface area contributed by atoms with Crippen LogP contribution in [0.15, 0.2) is 70.2 Å². The molecular weight excluding hydrogens is 352 g/mol. The zero-order valence-electron chi connectivity index (χ0n) is 14.4. The summed E-state index contributed by atoms with van der Waals surface area (Å²) in [5.74, 6) is 0.408. The molecule has 1 aromatic heterocycles. The van der Waals surface area contributed by atoms with Crippen molar-refractivity contribution in [2.45, 2.75) is 11.3 Å². The first-order valence-corrected chi connectivity index (χ1v) is 9.65. The standard InChI is InChI=1S/C19H20N2O4S/c1-21(14-19(22)20-11-10-17-7-4-12-25-17)26(23,24)18-9-8-15-5-2-3-6-16(15)13-18/h2-9,12-13H,10-11,14H2,1H3,(H,20,22). The molecule has 7 heteroatoms. The Kier molecular flexibility index (Phi) is 5.39. The average molecular weight is 372 g/mol. The molecule has 1 N–H and O–H groups in total. The molecule has 1 heterocycles. The fourth-order valence-corrected chi connectivity index (χ4v) is 3.79. The van der Waals surface area contributed by atoms with Crippen molar-refractivity contribution in [3.05, 3.63) is 66.6 Å². The number of fused-ring (bicyclic) bond motifs is 1. The van der Waals surface area contributed by atoms with Crippen molar-refractivity contribution in [3.63, 3.8) is 0 Å². The van der Waals surface area contributed by atoms with Gasteiger partial charge in [0.15, 0.2) is 0 Å². The second-order valence-electron chi connectivity index (χ2n) is 5.95. The van der Waals surface area contributed by atoms with E-state index < -0.39 is 10.0 Å². The van der Waals surface area contributed by atoms with Gasteiger partial charge in [0.25, 0.3) is 0 Å². The van der Waals surface area contributed by atoms with Crippen molar-refractivity contribution < 1.29 is 17.6 Å². The molecule has 0 radical (unpaired) electrons. The lowest BCUT2D eigenvalue weighted by atomic mass is 10.1. The Balaban J connectivity index is 1.63. The molecule has 1 amide bonds. The van der Waals surface area contributed by atoms with Crippen LogP contribution in [0, 0.1) is 0 Å². The van der Waals surface area contributed by atoms with Gasteiger partial charge in [0.1, 0.15) is 5.76 Å². The van der Waals surface area contributed by atoms with E-state index in [1.54, 1.807) is 30.5 Å². The van der Waals surface area contributed by atoms with Crippen molar-refractivity contribution in [3.8, 4) is 0 Å². The summed E-state index contributed by atoms with van der Waals surface area (Å²) in [6, 6.07) is 16.1. The van der Waals surface area contributed by atoms with E-state index in [2.05, 4.69) is 5.32 Å². The first-order chi connectivity index (χ1) is 12.5. The molecule has 0 bridgehead atoms. The molecule has 0 fully saturated rings. The molecule has 0 spiro atoms. The Labute approximate surface area is 152 Å². The van der Waals surface area contributed by atoms with Crippen LogP contribution in [0.1, 0.15) is 5.76 Å². The molecule has 0 saturated heterocycles. The number of benzene rings is 2. The normalized spacial score (nSPS) is 11.8. The molecule has 3 rings (SSSR count). The molecule has 136 valence electrons. The van der Waals surface area contributed by atoms with E-state index in [9.17, 15) is 13.2 Å². The average Bonchev–Trinajstić information content (AvgIpc) is 3.14. The van der Waals surface area contributed by atoms with Crippen molar-refractivity contribution in [1.29, 1.82) is 0 Å². The quantitative estimate of drug-likeness (QED) is 0.691. The van der Waals surface area contributed by atoms with Gasteiger partial charge in [0.05, 0.1) is 17.7 Å².